The first-order valence-electron chi connectivity index (χ1n) is 8.68. The lowest BCUT2D eigenvalue weighted by Gasteiger charge is -2.11. The molecule has 0 aromatic heterocycles. The van der Waals surface area contributed by atoms with Crippen molar-refractivity contribution in [2.75, 3.05) is 11.3 Å². The van der Waals surface area contributed by atoms with E-state index in [1.54, 1.807) is 66.7 Å². The number of nitrogen functional groups attached to an aromatic ring is 1. The summed E-state index contributed by atoms with van der Waals surface area (Å²) in [6, 6.07) is 22.5. The Morgan fingerprint density at radius 1 is 0.964 bits per heavy atom. The Bertz CT molecular complexity index is 1050. The van der Waals surface area contributed by atoms with E-state index in [9.17, 15) is 8.42 Å². The van der Waals surface area contributed by atoms with Crippen LogP contribution in [0.25, 0.3) is 0 Å². The van der Waals surface area contributed by atoms with Crippen LogP contribution < -0.4 is 15.2 Å². The number of rotatable bonds is 8. The second-order valence-corrected chi connectivity index (χ2v) is 7.84. The quantitative estimate of drug-likeness (QED) is 0.401. The van der Waals surface area contributed by atoms with Gasteiger partial charge in [-0.05, 0) is 29.8 Å². The molecule has 3 aromatic rings. The van der Waals surface area contributed by atoms with Crippen molar-refractivity contribution >= 4 is 21.5 Å². The second kappa shape index (κ2) is 8.58. The Hall–Kier alpha value is -3.32. The zero-order valence-corrected chi connectivity index (χ0v) is 15.9. The summed E-state index contributed by atoms with van der Waals surface area (Å²) in [5.41, 5.74) is 7.63. The van der Waals surface area contributed by atoms with Crippen molar-refractivity contribution in [1.82, 2.24) is 0 Å². The average Bonchev–Trinajstić information content (AvgIpc) is 2.69. The lowest BCUT2D eigenvalue weighted by Crippen LogP contribution is -2.12. The molecule has 0 aliphatic rings. The fourth-order valence-corrected chi connectivity index (χ4v) is 3.67. The van der Waals surface area contributed by atoms with Crippen LogP contribution in [0, 0.1) is 5.41 Å². The van der Waals surface area contributed by atoms with Gasteiger partial charge in [0.2, 0.25) is 0 Å². The maximum atomic E-state index is 12.4. The molecule has 3 rings (SSSR count). The molecule has 6 nitrogen and oxygen atoms in total. The van der Waals surface area contributed by atoms with E-state index >= 15 is 0 Å². The van der Waals surface area contributed by atoms with Gasteiger partial charge in [-0.2, -0.15) is 0 Å². The summed E-state index contributed by atoms with van der Waals surface area (Å²) in [4.78, 5) is 0.204. The Morgan fingerprint density at radius 3 is 2.36 bits per heavy atom. The number of benzene rings is 3. The molecule has 144 valence electrons. The first kappa shape index (κ1) is 19.4. The van der Waals surface area contributed by atoms with E-state index in [4.69, 9.17) is 15.9 Å². The van der Waals surface area contributed by atoms with Gasteiger partial charge in [0.05, 0.1) is 17.2 Å². The predicted molar refractivity (Wildman–Crippen MR) is 110 cm³/mol. The van der Waals surface area contributed by atoms with E-state index in [0.717, 1.165) is 5.56 Å². The number of sulfonamides is 1. The number of anilines is 1. The number of hydrogen-bond acceptors (Lipinski definition) is 4. The number of ether oxygens (including phenoxy) is 1. The van der Waals surface area contributed by atoms with Gasteiger partial charge >= 0.3 is 0 Å². The van der Waals surface area contributed by atoms with Crippen LogP contribution >= 0.6 is 0 Å². The third kappa shape index (κ3) is 5.11. The average molecular weight is 395 g/mol. The van der Waals surface area contributed by atoms with Gasteiger partial charge in [0.1, 0.15) is 11.6 Å². The molecule has 0 radical (unpaired) electrons. The molecule has 0 amide bonds. The van der Waals surface area contributed by atoms with Crippen molar-refractivity contribution < 1.29 is 13.2 Å². The molecule has 0 saturated heterocycles. The number of hydrogen-bond donors (Lipinski definition) is 3. The van der Waals surface area contributed by atoms with Gasteiger partial charge in [-0.15, -0.1) is 0 Å². The lowest BCUT2D eigenvalue weighted by molar-refractivity contribution is 0.322. The molecule has 0 bridgehead atoms. The van der Waals surface area contributed by atoms with Crippen molar-refractivity contribution in [3.63, 3.8) is 0 Å². The van der Waals surface area contributed by atoms with E-state index < -0.39 is 10.0 Å². The normalized spacial score (nSPS) is 11.0. The standard InChI is InChI=1S/C21H21N3O3S/c22-21(23)17-11-9-16(10-12-17)13-14-27-19-6-4-5-18(15-19)24-28(25,26)20-7-2-1-3-8-20/h1-12,15,24H,13-14H2,(H3,22,23). The topological polar surface area (TPSA) is 105 Å². The monoisotopic (exact) mass is 395 g/mol. The van der Waals surface area contributed by atoms with Crippen LogP contribution in [0.15, 0.2) is 83.8 Å². The Labute approximate surface area is 164 Å². The smallest absolute Gasteiger partial charge is 0.261 e. The Kier molecular flexibility index (Phi) is 5.96. The highest BCUT2D eigenvalue weighted by atomic mass is 32.2. The van der Waals surface area contributed by atoms with E-state index in [1.165, 1.54) is 0 Å². The van der Waals surface area contributed by atoms with Gasteiger partial charge < -0.3 is 10.5 Å². The van der Waals surface area contributed by atoms with E-state index in [0.29, 0.717) is 30.0 Å². The minimum atomic E-state index is -3.64. The van der Waals surface area contributed by atoms with Crippen LogP contribution in [0.5, 0.6) is 5.75 Å². The zero-order chi connectivity index (χ0) is 20.0. The first-order chi connectivity index (χ1) is 13.4. The molecule has 0 spiro atoms. The van der Waals surface area contributed by atoms with Gasteiger partial charge in [0, 0.05) is 18.1 Å². The molecule has 0 heterocycles. The molecule has 0 saturated carbocycles. The van der Waals surface area contributed by atoms with Crippen molar-refractivity contribution in [3.05, 3.63) is 90.0 Å². The highest BCUT2D eigenvalue weighted by molar-refractivity contribution is 7.92. The van der Waals surface area contributed by atoms with Crippen LogP contribution in [0.4, 0.5) is 5.69 Å². The summed E-state index contributed by atoms with van der Waals surface area (Å²) in [5, 5.41) is 7.40. The molecule has 0 unspecified atom stereocenters. The zero-order valence-electron chi connectivity index (χ0n) is 15.1. The molecule has 0 aliphatic carbocycles. The van der Waals surface area contributed by atoms with Gasteiger partial charge in [0.15, 0.2) is 0 Å². The highest BCUT2D eigenvalue weighted by Gasteiger charge is 2.13. The van der Waals surface area contributed by atoms with Gasteiger partial charge in [-0.1, -0.05) is 48.5 Å². The Morgan fingerprint density at radius 2 is 1.68 bits per heavy atom. The minimum Gasteiger partial charge on any atom is -0.493 e. The number of amidine groups is 1. The van der Waals surface area contributed by atoms with E-state index in [-0.39, 0.29) is 10.7 Å². The molecule has 0 fully saturated rings. The van der Waals surface area contributed by atoms with Crippen LogP contribution in [0.2, 0.25) is 0 Å². The third-order valence-electron chi connectivity index (χ3n) is 4.06. The van der Waals surface area contributed by atoms with Crippen molar-refractivity contribution in [2.45, 2.75) is 11.3 Å². The maximum Gasteiger partial charge on any atom is 0.261 e. The molecule has 28 heavy (non-hydrogen) atoms. The molecule has 4 N–H and O–H groups in total. The highest BCUT2D eigenvalue weighted by Crippen LogP contribution is 2.21. The van der Waals surface area contributed by atoms with E-state index in [1.807, 2.05) is 12.1 Å². The Balaban J connectivity index is 1.60. The van der Waals surface area contributed by atoms with Gasteiger partial charge in [-0.25, -0.2) is 8.42 Å². The van der Waals surface area contributed by atoms with Gasteiger partial charge in [0.25, 0.3) is 10.0 Å². The van der Waals surface area contributed by atoms with E-state index in [2.05, 4.69) is 4.72 Å². The van der Waals surface area contributed by atoms with Crippen LogP contribution in [-0.4, -0.2) is 20.9 Å². The van der Waals surface area contributed by atoms with Crippen molar-refractivity contribution in [1.29, 1.82) is 5.41 Å². The van der Waals surface area contributed by atoms with Crippen molar-refractivity contribution in [2.24, 2.45) is 5.73 Å². The summed E-state index contributed by atoms with van der Waals surface area (Å²) in [6.07, 6.45) is 0.679. The summed E-state index contributed by atoms with van der Waals surface area (Å²) >= 11 is 0. The summed E-state index contributed by atoms with van der Waals surface area (Å²) in [5.74, 6) is 0.617. The fourth-order valence-electron chi connectivity index (χ4n) is 2.60. The van der Waals surface area contributed by atoms with Crippen LogP contribution in [0.3, 0.4) is 0 Å². The number of nitrogens with one attached hydrogen (secondary N) is 2. The molecular weight excluding hydrogens is 374 g/mol. The molecule has 7 heteroatoms. The van der Waals surface area contributed by atoms with Gasteiger partial charge in [-0.3, -0.25) is 10.1 Å². The minimum absolute atomic E-state index is 0.0394. The SMILES string of the molecule is N=C(N)c1ccc(CCOc2cccc(NS(=O)(=O)c3ccccc3)c2)cc1. The maximum absolute atomic E-state index is 12.4. The predicted octanol–water partition coefficient (Wildman–Crippen LogP) is 3.39. The van der Waals surface area contributed by atoms with Crippen molar-refractivity contribution in [3.8, 4) is 5.75 Å². The first-order valence-corrected chi connectivity index (χ1v) is 10.2. The second-order valence-electron chi connectivity index (χ2n) is 6.16. The molecular formula is C21H21N3O3S. The van der Waals surface area contributed by atoms with Crippen LogP contribution in [0.1, 0.15) is 11.1 Å². The molecule has 0 aliphatic heterocycles. The lowest BCUT2D eigenvalue weighted by atomic mass is 10.1. The summed E-state index contributed by atoms with van der Waals surface area (Å²) < 4.78 is 33.1. The number of nitrogens with two attached hydrogens (primary N) is 1. The molecule has 0 atom stereocenters. The molecule has 3 aromatic carbocycles. The van der Waals surface area contributed by atoms with Crippen LogP contribution in [-0.2, 0) is 16.4 Å². The summed E-state index contributed by atoms with van der Waals surface area (Å²) in [6.45, 7) is 0.439. The fraction of sp³-hybridized carbons (Fsp3) is 0.0952. The summed E-state index contributed by atoms with van der Waals surface area (Å²) in [7, 11) is -3.64. The third-order valence-corrected chi connectivity index (χ3v) is 5.46. The largest absolute Gasteiger partial charge is 0.493 e.